The highest BCUT2D eigenvalue weighted by Gasteiger charge is 2.28. The largest absolute Gasteiger partial charge is 0.493 e. The summed E-state index contributed by atoms with van der Waals surface area (Å²) in [6.07, 6.45) is 0. The summed E-state index contributed by atoms with van der Waals surface area (Å²) in [5.41, 5.74) is 0.199. The van der Waals surface area contributed by atoms with Gasteiger partial charge in [-0.3, -0.25) is 0 Å². The van der Waals surface area contributed by atoms with Crippen molar-refractivity contribution in [2.45, 2.75) is 11.8 Å². The minimum Gasteiger partial charge on any atom is -0.493 e. The van der Waals surface area contributed by atoms with Gasteiger partial charge in [0.05, 0.1) is 31.8 Å². The van der Waals surface area contributed by atoms with Gasteiger partial charge in [0.25, 0.3) is 0 Å². The molecule has 1 heterocycles. The van der Waals surface area contributed by atoms with Gasteiger partial charge in [-0.2, -0.15) is 4.31 Å². The molecule has 0 bridgehead atoms. The van der Waals surface area contributed by atoms with Crippen LogP contribution in [0.5, 0.6) is 5.75 Å². The first-order valence-corrected chi connectivity index (χ1v) is 8.37. The fraction of sp³-hybridized carbons (Fsp3) is 0.500. The molecule has 0 atom stereocenters. The Balaban J connectivity index is 2.38. The topological polar surface area (TPSA) is 82.1 Å². The number of hydrogen-bond donors (Lipinski definition) is 0. The van der Waals surface area contributed by atoms with E-state index in [1.807, 2.05) is 0 Å². The van der Waals surface area contributed by atoms with E-state index < -0.39 is 16.0 Å². The van der Waals surface area contributed by atoms with E-state index >= 15 is 0 Å². The van der Waals surface area contributed by atoms with Gasteiger partial charge in [0.2, 0.25) is 10.0 Å². The molecule has 0 saturated carbocycles. The Kier molecular flexibility index (Phi) is 5.38. The summed E-state index contributed by atoms with van der Waals surface area (Å²) >= 11 is 0. The van der Waals surface area contributed by atoms with Crippen molar-refractivity contribution < 1.29 is 27.4 Å². The van der Waals surface area contributed by atoms with Crippen LogP contribution < -0.4 is 4.74 Å². The van der Waals surface area contributed by atoms with Crippen LogP contribution in [0.3, 0.4) is 0 Å². The molecule has 1 aromatic rings. The van der Waals surface area contributed by atoms with E-state index in [0.29, 0.717) is 32.9 Å². The van der Waals surface area contributed by atoms with Gasteiger partial charge < -0.3 is 14.2 Å². The number of morpholine rings is 1. The van der Waals surface area contributed by atoms with Crippen LogP contribution in [0.25, 0.3) is 0 Å². The van der Waals surface area contributed by atoms with Crippen LogP contribution in [0, 0.1) is 0 Å². The number of ether oxygens (including phenoxy) is 3. The first-order valence-electron chi connectivity index (χ1n) is 6.93. The minimum atomic E-state index is -3.63. The molecule has 122 valence electrons. The smallest absolute Gasteiger partial charge is 0.341 e. The first-order chi connectivity index (χ1) is 10.5. The second kappa shape index (κ2) is 7.08. The zero-order valence-corrected chi connectivity index (χ0v) is 13.4. The van der Waals surface area contributed by atoms with Crippen molar-refractivity contribution >= 4 is 16.0 Å². The maximum atomic E-state index is 12.6. The Bertz CT molecular complexity index is 637. The number of esters is 1. The quantitative estimate of drug-likeness (QED) is 0.746. The van der Waals surface area contributed by atoms with E-state index in [2.05, 4.69) is 4.74 Å². The van der Waals surface area contributed by atoms with Crippen LogP contribution in [0.4, 0.5) is 0 Å². The maximum absolute atomic E-state index is 12.6. The molecule has 0 radical (unpaired) electrons. The van der Waals surface area contributed by atoms with E-state index in [1.54, 1.807) is 6.92 Å². The molecule has 0 N–H and O–H groups in total. The normalized spacial score (nSPS) is 16.3. The van der Waals surface area contributed by atoms with Gasteiger partial charge in [-0.05, 0) is 19.1 Å². The Morgan fingerprint density at radius 1 is 1.32 bits per heavy atom. The predicted octanol–water partition coefficient (Wildman–Crippen LogP) is 0.893. The number of carbonyl (C=O) groups excluding carboxylic acids is 1. The molecular formula is C14H19NO6S. The number of benzene rings is 1. The Hall–Kier alpha value is -1.64. The highest BCUT2D eigenvalue weighted by Crippen LogP contribution is 2.26. The summed E-state index contributed by atoms with van der Waals surface area (Å²) in [5, 5.41) is 0. The van der Waals surface area contributed by atoms with E-state index in [4.69, 9.17) is 9.47 Å². The Morgan fingerprint density at radius 2 is 2.00 bits per heavy atom. The van der Waals surface area contributed by atoms with Crippen LogP contribution in [0.2, 0.25) is 0 Å². The van der Waals surface area contributed by atoms with Crippen LogP contribution in [0.15, 0.2) is 23.1 Å². The standard InChI is InChI=1S/C14H19NO6S/c1-3-21-13-10-11(4-5-12(13)14(16)19-2)22(17,18)15-6-8-20-9-7-15/h4-5,10H,3,6-9H2,1-2H3. The Morgan fingerprint density at radius 3 is 2.59 bits per heavy atom. The van der Waals surface area contributed by atoms with Crippen molar-refractivity contribution in [1.29, 1.82) is 0 Å². The van der Waals surface area contributed by atoms with Crippen molar-refractivity contribution in [3.05, 3.63) is 23.8 Å². The molecule has 1 aromatic carbocycles. The zero-order chi connectivity index (χ0) is 16.2. The van der Waals surface area contributed by atoms with Crippen molar-refractivity contribution in [2.75, 3.05) is 40.0 Å². The molecule has 0 aliphatic carbocycles. The predicted molar refractivity (Wildman–Crippen MR) is 78.5 cm³/mol. The monoisotopic (exact) mass is 329 g/mol. The lowest BCUT2D eigenvalue weighted by molar-refractivity contribution is 0.0596. The number of hydrogen-bond acceptors (Lipinski definition) is 6. The Labute approximate surface area is 129 Å². The van der Waals surface area contributed by atoms with Crippen LogP contribution >= 0.6 is 0 Å². The second-order valence-electron chi connectivity index (χ2n) is 4.60. The van der Waals surface area contributed by atoms with Gasteiger partial charge in [0.15, 0.2) is 0 Å². The second-order valence-corrected chi connectivity index (χ2v) is 6.54. The summed E-state index contributed by atoms with van der Waals surface area (Å²) in [4.78, 5) is 11.8. The molecule has 2 rings (SSSR count). The van der Waals surface area contributed by atoms with Gasteiger partial charge >= 0.3 is 5.97 Å². The maximum Gasteiger partial charge on any atom is 0.341 e. The summed E-state index contributed by atoms with van der Waals surface area (Å²) in [6, 6.07) is 4.16. The van der Waals surface area contributed by atoms with Crippen LogP contribution in [-0.2, 0) is 19.5 Å². The number of nitrogens with zero attached hydrogens (tertiary/aromatic N) is 1. The average Bonchev–Trinajstić information content (AvgIpc) is 2.55. The fourth-order valence-electron chi connectivity index (χ4n) is 2.15. The highest BCUT2D eigenvalue weighted by molar-refractivity contribution is 7.89. The first kappa shape index (κ1) is 16.7. The molecule has 0 aromatic heterocycles. The lowest BCUT2D eigenvalue weighted by Gasteiger charge is -2.26. The molecule has 0 spiro atoms. The van der Waals surface area contributed by atoms with Gasteiger partial charge in [-0.15, -0.1) is 0 Å². The molecule has 0 unspecified atom stereocenters. The number of rotatable bonds is 5. The molecule has 1 fully saturated rings. The van der Waals surface area contributed by atoms with Crippen LogP contribution in [-0.4, -0.2) is 58.7 Å². The van der Waals surface area contributed by atoms with Crippen molar-refractivity contribution in [3.63, 3.8) is 0 Å². The lowest BCUT2D eigenvalue weighted by atomic mass is 10.2. The van der Waals surface area contributed by atoms with Crippen molar-refractivity contribution in [3.8, 4) is 5.75 Å². The molecule has 7 nitrogen and oxygen atoms in total. The average molecular weight is 329 g/mol. The summed E-state index contributed by atoms with van der Waals surface area (Å²) < 4.78 is 41.8. The van der Waals surface area contributed by atoms with Gasteiger partial charge in [0.1, 0.15) is 11.3 Å². The number of sulfonamides is 1. The van der Waals surface area contributed by atoms with Crippen molar-refractivity contribution in [2.24, 2.45) is 0 Å². The summed E-state index contributed by atoms with van der Waals surface area (Å²) in [5.74, 6) is -0.373. The molecule has 1 saturated heterocycles. The summed E-state index contributed by atoms with van der Waals surface area (Å²) in [6.45, 7) is 3.43. The molecule has 0 amide bonds. The SMILES string of the molecule is CCOc1cc(S(=O)(=O)N2CCOCC2)ccc1C(=O)OC. The summed E-state index contributed by atoms with van der Waals surface area (Å²) in [7, 11) is -2.37. The van der Waals surface area contributed by atoms with E-state index in [0.717, 1.165) is 0 Å². The number of methoxy groups -OCH3 is 1. The molecule has 1 aliphatic rings. The third-order valence-corrected chi connectivity index (χ3v) is 5.16. The molecular weight excluding hydrogens is 310 g/mol. The zero-order valence-electron chi connectivity index (χ0n) is 12.6. The fourth-order valence-corrected chi connectivity index (χ4v) is 3.58. The van der Waals surface area contributed by atoms with Crippen LogP contribution in [0.1, 0.15) is 17.3 Å². The van der Waals surface area contributed by atoms with E-state index in [9.17, 15) is 13.2 Å². The van der Waals surface area contributed by atoms with E-state index in [-0.39, 0.29) is 16.2 Å². The third kappa shape index (κ3) is 3.40. The molecule has 8 heteroatoms. The van der Waals surface area contributed by atoms with Gasteiger partial charge in [0, 0.05) is 19.2 Å². The third-order valence-electron chi connectivity index (χ3n) is 3.27. The van der Waals surface area contributed by atoms with E-state index in [1.165, 1.54) is 29.6 Å². The van der Waals surface area contributed by atoms with Gasteiger partial charge in [-0.25, -0.2) is 13.2 Å². The minimum absolute atomic E-state index is 0.0884. The molecule has 22 heavy (non-hydrogen) atoms. The highest BCUT2D eigenvalue weighted by atomic mass is 32.2. The number of carbonyl (C=O) groups is 1. The van der Waals surface area contributed by atoms with Gasteiger partial charge in [-0.1, -0.05) is 0 Å². The van der Waals surface area contributed by atoms with Crippen molar-refractivity contribution in [1.82, 2.24) is 4.31 Å². The lowest BCUT2D eigenvalue weighted by Crippen LogP contribution is -2.40. The molecule has 1 aliphatic heterocycles.